The first-order chi connectivity index (χ1) is 7.45. The third-order valence-corrected chi connectivity index (χ3v) is 3.27. The van der Waals surface area contributed by atoms with Crippen molar-refractivity contribution in [2.24, 2.45) is 0 Å². The zero-order valence-electron chi connectivity index (χ0n) is 8.87. The number of H-pyrrole nitrogens is 1. The Kier molecular flexibility index (Phi) is 2.13. The molecule has 0 atom stereocenters. The highest BCUT2D eigenvalue weighted by Crippen LogP contribution is 2.34. The van der Waals surface area contributed by atoms with Gasteiger partial charge < -0.3 is 9.88 Å². The first-order valence-electron chi connectivity index (χ1n) is 5.76. The number of hydrogen-bond donors (Lipinski definition) is 1. The van der Waals surface area contributed by atoms with Crippen LogP contribution >= 0.6 is 0 Å². The number of rotatable bonds is 1. The Morgan fingerprint density at radius 3 is 2.73 bits per heavy atom. The molecule has 1 aliphatic carbocycles. The van der Waals surface area contributed by atoms with E-state index in [0.717, 1.165) is 0 Å². The minimum absolute atomic E-state index is 1.22. The summed E-state index contributed by atoms with van der Waals surface area (Å²) in [5.41, 5.74) is 4.01. The van der Waals surface area contributed by atoms with Crippen molar-refractivity contribution >= 4 is 5.69 Å². The number of aromatic nitrogens is 1. The van der Waals surface area contributed by atoms with Crippen molar-refractivity contribution in [3.63, 3.8) is 0 Å². The van der Waals surface area contributed by atoms with Crippen LogP contribution in [-0.2, 0) is 0 Å². The van der Waals surface area contributed by atoms with Gasteiger partial charge in [-0.15, -0.1) is 0 Å². The van der Waals surface area contributed by atoms with Crippen LogP contribution in [0.2, 0.25) is 0 Å². The summed E-state index contributed by atoms with van der Waals surface area (Å²) in [6.07, 6.45) is 6.05. The summed E-state index contributed by atoms with van der Waals surface area (Å²) in [5, 5.41) is 0. The van der Waals surface area contributed by atoms with Crippen LogP contribution in [0, 0.1) is 0 Å². The van der Waals surface area contributed by atoms with Gasteiger partial charge in [0.25, 0.3) is 0 Å². The van der Waals surface area contributed by atoms with Crippen LogP contribution in [0.4, 0.5) is 5.69 Å². The summed E-state index contributed by atoms with van der Waals surface area (Å²) in [6.45, 7) is 2.43. The minimum Gasteiger partial charge on any atom is -0.371 e. The highest BCUT2D eigenvalue weighted by Gasteiger charge is 2.16. The van der Waals surface area contributed by atoms with Crippen molar-refractivity contribution in [2.45, 2.75) is 19.3 Å². The second-order valence-corrected chi connectivity index (χ2v) is 4.26. The van der Waals surface area contributed by atoms with E-state index in [4.69, 9.17) is 0 Å². The summed E-state index contributed by atoms with van der Waals surface area (Å²) in [4.78, 5) is 5.80. The van der Waals surface area contributed by atoms with E-state index in [-0.39, 0.29) is 0 Å². The predicted molar refractivity (Wildman–Crippen MR) is 63.5 cm³/mol. The van der Waals surface area contributed by atoms with Gasteiger partial charge in [-0.25, -0.2) is 0 Å². The van der Waals surface area contributed by atoms with E-state index < -0.39 is 0 Å². The fraction of sp³-hybridized carbons (Fsp3) is 0.385. The molecule has 0 aromatic heterocycles. The van der Waals surface area contributed by atoms with Crippen molar-refractivity contribution in [3.8, 4) is 11.3 Å². The van der Waals surface area contributed by atoms with Crippen molar-refractivity contribution < 1.29 is 0 Å². The van der Waals surface area contributed by atoms with Gasteiger partial charge in [0.05, 0.1) is 0 Å². The number of nitrogens with zero attached hydrogens (tertiary/aromatic N) is 1. The van der Waals surface area contributed by atoms with Gasteiger partial charge in [0.2, 0.25) is 0 Å². The van der Waals surface area contributed by atoms with E-state index in [2.05, 4.69) is 34.1 Å². The minimum atomic E-state index is 1.22. The maximum Gasteiger partial charge on any atom is 0.0475 e. The molecule has 1 N–H and O–H groups in total. The number of nitrogens with one attached hydrogen (secondary N) is 1. The first-order valence-corrected chi connectivity index (χ1v) is 5.76. The molecule has 3 rings (SSSR count). The molecular formula is C13H16N2. The molecule has 2 nitrogen and oxygen atoms in total. The Morgan fingerprint density at radius 2 is 1.87 bits per heavy atom. The van der Waals surface area contributed by atoms with Gasteiger partial charge in [-0.3, -0.25) is 0 Å². The molecule has 78 valence electrons. The number of pyridine rings is 1. The van der Waals surface area contributed by atoms with Gasteiger partial charge in [0.15, 0.2) is 0 Å². The van der Waals surface area contributed by atoms with E-state index in [9.17, 15) is 0 Å². The molecule has 15 heavy (non-hydrogen) atoms. The van der Waals surface area contributed by atoms with Crippen molar-refractivity contribution in [1.29, 1.82) is 0 Å². The smallest absolute Gasteiger partial charge is 0.0475 e. The van der Waals surface area contributed by atoms with E-state index in [1.165, 1.54) is 49.3 Å². The van der Waals surface area contributed by atoms with E-state index in [0.29, 0.717) is 0 Å². The fourth-order valence-electron chi connectivity index (χ4n) is 2.47. The summed E-state index contributed by atoms with van der Waals surface area (Å²) < 4.78 is 0. The largest absolute Gasteiger partial charge is 0.371 e. The first kappa shape index (κ1) is 8.84. The zero-order chi connectivity index (χ0) is 10.1. The van der Waals surface area contributed by atoms with Gasteiger partial charge in [0.1, 0.15) is 0 Å². The van der Waals surface area contributed by atoms with Crippen LogP contribution in [0.5, 0.6) is 0 Å². The van der Waals surface area contributed by atoms with E-state index in [1.807, 2.05) is 6.20 Å². The van der Waals surface area contributed by atoms with E-state index in [1.54, 1.807) is 0 Å². The lowest BCUT2D eigenvalue weighted by Gasteiger charge is -2.29. The predicted octanol–water partition coefficient (Wildman–Crippen LogP) is 3.11. The van der Waals surface area contributed by atoms with Crippen LogP contribution in [0.1, 0.15) is 19.3 Å². The van der Waals surface area contributed by atoms with Crippen molar-refractivity contribution in [3.05, 3.63) is 30.5 Å². The molecule has 0 saturated carbocycles. The van der Waals surface area contributed by atoms with Gasteiger partial charge in [-0.1, -0.05) is 0 Å². The molecule has 0 unspecified atom stereocenters. The van der Waals surface area contributed by atoms with Gasteiger partial charge in [0, 0.05) is 36.2 Å². The average molecular weight is 200 g/mol. The Hall–Kier alpha value is -1.44. The Labute approximate surface area is 90.3 Å². The number of aromatic amines is 1. The molecule has 0 spiro atoms. The molecule has 1 fully saturated rings. The van der Waals surface area contributed by atoms with Crippen LogP contribution in [0.3, 0.4) is 0 Å². The maximum absolute atomic E-state index is 3.28. The van der Waals surface area contributed by atoms with Crippen molar-refractivity contribution in [2.75, 3.05) is 18.0 Å². The Balaban J connectivity index is 1.97. The summed E-state index contributed by atoms with van der Waals surface area (Å²) in [5.74, 6) is 0. The number of piperidine rings is 1. The normalized spacial score (nSPS) is 17.2. The topological polar surface area (TPSA) is 19.0 Å². The summed E-state index contributed by atoms with van der Waals surface area (Å²) in [6, 6.07) is 8.71. The van der Waals surface area contributed by atoms with Crippen LogP contribution in [-0.4, -0.2) is 18.1 Å². The number of anilines is 1. The molecular weight excluding hydrogens is 184 g/mol. The molecule has 1 saturated heterocycles. The lowest BCUT2D eigenvalue weighted by atomic mass is 10.1. The van der Waals surface area contributed by atoms with Gasteiger partial charge in [-0.2, -0.15) is 0 Å². The summed E-state index contributed by atoms with van der Waals surface area (Å²) >= 11 is 0. The van der Waals surface area contributed by atoms with Crippen molar-refractivity contribution in [1.82, 2.24) is 4.98 Å². The highest BCUT2D eigenvalue weighted by atomic mass is 15.1. The fourth-order valence-corrected chi connectivity index (χ4v) is 2.47. The molecule has 2 aliphatic heterocycles. The van der Waals surface area contributed by atoms with Crippen LogP contribution < -0.4 is 4.90 Å². The standard InChI is InChI=1S/C13H16N2/c1-2-9-15(10-3-1)13-7-6-12-11(13)5-4-8-14-12/h4-8,14H,1-3,9-10H2. The molecule has 2 heteroatoms. The highest BCUT2D eigenvalue weighted by molar-refractivity contribution is 5.80. The molecule has 2 heterocycles. The Bertz CT molecular complexity index is 413. The van der Waals surface area contributed by atoms with Crippen LogP contribution in [0.15, 0.2) is 30.5 Å². The quantitative estimate of drug-likeness (QED) is 0.749. The molecule has 0 aromatic carbocycles. The number of hydrogen-bond acceptors (Lipinski definition) is 1. The van der Waals surface area contributed by atoms with Gasteiger partial charge in [-0.05, 0) is 43.5 Å². The number of fused-ring (bicyclic) bond motifs is 1. The zero-order valence-corrected chi connectivity index (χ0v) is 8.87. The Morgan fingerprint density at radius 1 is 1.00 bits per heavy atom. The molecule has 0 radical (unpaired) electrons. The average Bonchev–Trinajstić information content (AvgIpc) is 2.74. The lowest BCUT2D eigenvalue weighted by molar-refractivity contribution is 0.578. The third kappa shape index (κ3) is 1.50. The summed E-state index contributed by atoms with van der Waals surface area (Å²) in [7, 11) is 0. The van der Waals surface area contributed by atoms with Gasteiger partial charge >= 0.3 is 0 Å². The molecule has 3 aliphatic rings. The second kappa shape index (κ2) is 3.61. The molecule has 0 bridgehead atoms. The SMILES string of the molecule is c1c[nH]c2ccc(N3CCCCC3)c-2c1. The molecule has 0 amide bonds. The van der Waals surface area contributed by atoms with Crippen LogP contribution in [0.25, 0.3) is 11.3 Å². The van der Waals surface area contributed by atoms with E-state index >= 15 is 0 Å². The molecule has 0 aromatic rings. The maximum atomic E-state index is 3.28. The third-order valence-electron chi connectivity index (χ3n) is 3.27. The monoisotopic (exact) mass is 200 g/mol. The second-order valence-electron chi connectivity index (χ2n) is 4.26. The lowest BCUT2D eigenvalue weighted by Crippen LogP contribution is -2.29.